The lowest BCUT2D eigenvalue weighted by Crippen LogP contribution is -2.13. The highest BCUT2D eigenvalue weighted by atomic mass is 19.1. The molecule has 10 heavy (non-hydrogen) atoms. The first-order valence-electron chi connectivity index (χ1n) is 2.78. The molecule has 0 N–H and O–H groups in total. The smallest absolute Gasteiger partial charge is 0.172 e. The van der Waals surface area contributed by atoms with E-state index < -0.39 is 17.5 Å². The number of carbonyl (C=O) groups is 2. The van der Waals surface area contributed by atoms with Crippen LogP contribution in [0, 0.1) is 5.92 Å². The minimum atomic E-state index is -0.778. The lowest BCUT2D eigenvalue weighted by molar-refractivity contribution is -0.122. The van der Waals surface area contributed by atoms with Crippen LogP contribution in [0.15, 0.2) is 24.1 Å². The average Bonchev–Trinajstić information content (AvgIpc) is 1.88. The molecule has 0 aromatic heterocycles. The van der Waals surface area contributed by atoms with Crippen molar-refractivity contribution in [2.24, 2.45) is 5.92 Å². The van der Waals surface area contributed by atoms with Gasteiger partial charge in [-0.25, -0.2) is 4.39 Å². The van der Waals surface area contributed by atoms with Crippen molar-refractivity contribution in [3.05, 3.63) is 24.1 Å². The van der Waals surface area contributed by atoms with Crippen molar-refractivity contribution in [3.63, 3.8) is 0 Å². The number of hydrogen-bond acceptors (Lipinski definition) is 2. The Morgan fingerprint density at radius 2 is 2.30 bits per heavy atom. The molecule has 3 heteroatoms. The molecule has 0 aromatic carbocycles. The van der Waals surface area contributed by atoms with E-state index in [0.717, 1.165) is 12.2 Å². The minimum Gasteiger partial charge on any atom is -0.302 e. The van der Waals surface area contributed by atoms with Crippen LogP contribution in [0.25, 0.3) is 0 Å². The molecule has 0 saturated heterocycles. The van der Waals surface area contributed by atoms with Crippen molar-refractivity contribution in [1.29, 1.82) is 0 Å². The SMILES string of the molecule is O=CC1C=CC(F)=CC1=O. The molecule has 2 nitrogen and oxygen atoms in total. The third-order valence-corrected chi connectivity index (χ3v) is 1.22. The Kier molecular flexibility index (Phi) is 1.76. The lowest BCUT2D eigenvalue weighted by Gasteiger charge is -2.02. The van der Waals surface area contributed by atoms with E-state index in [-0.39, 0.29) is 0 Å². The Morgan fingerprint density at radius 1 is 1.60 bits per heavy atom. The van der Waals surface area contributed by atoms with Gasteiger partial charge in [-0.3, -0.25) is 4.79 Å². The van der Waals surface area contributed by atoms with Crippen LogP contribution in [-0.2, 0) is 9.59 Å². The fraction of sp³-hybridized carbons (Fsp3) is 0.143. The number of halogens is 1. The highest BCUT2D eigenvalue weighted by Crippen LogP contribution is 2.11. The Balaban J connectivity index is 2.83. The van der Waals surface area contributed by atoms with Crippen LogP contribution in [0.5, 0.6) is 0 Å². The van der Waals surface area contributed by atoms with Gasteiger partial charge >= 0.3 is 0 Å². The second kappa shape index (κ2) is 2.56. The molecule has 0 heterocycles. The van der Waals surface area contributed by atoms with Crippen LogP contribution < -0.4 is 0 Å². The van der Waals surface area contributed by atoms with E-state index in [4.69, 9.17) is 0 Å². The number of carbonyl (C=O) groups excluding carboxylic acids is 2. The summed E-state index contributed by atoms with van der Waals surface area (Å²) in [5.41, 5.74) is 0. The average molecular weight is 140 g/mol. The predicted octanol–water partition coefficient (Wildman–Crippen LogP) is 0.794. The second-order valence-electron chi connectivity index (χ2n) is 1.95. The van der Waals surface area contributed by atoms with Crippen LogP contribution in [0.4, 0.5) is 4.39 Å². The molecule has 1 aliphatic carbocycles. The largest absolute Gasteiger partial charge is 0.302 e. The van der Waals surface area contributed by atoms with Gasteiger partial charge in [0.15, 0.2) is 5.78 Å². The quantitative estimate of drug-likeness (QED) is 0.398. The van der Waals surface area contributed by atoms with Gasteiger partial charge in [0, 0.05) is 6.08 Å². The molecule has 1 rings (SSSR count). The molecule has 0 aliphatic heterocycles. The van der Waals surface area contributed by atoms with Crippen molar-refractivity contribution in [2.45, 2.75) is 0 Å². The zero-order valence-electron chi connectivity index (χ0n) is 5.08. The minimum absolute atomic E-state index is 0.488. The van der Waals surface area contributed by atoms with Crippen molar-refractivity contribution in [1.82, 2.24) is 0 Å². The van der Waals surface area contributed by atoms with Gasteiger partial charge in [-0.15, -0.1) is 0 Å². The first-order valence-corrected chi connectivity index (χ1v) is 2.78. The highest BCUT2D eigenvalue weighted by Gasteiger charge is 2.15. The standard InChI is InChI=1S/C7H5FO2/c8-6-2-1-5(4-9)7(10)3-6/h1-5H. The van der Waals surface area contributed by atoms with Gasteiger partial charge in [0.1, 0.15) is 12.1 Å². The molecule has 1 unspecified atom stereocenters. The number of ketones is 1. The third-order valence-electron chi connectivity index (χ3n) is 1.22. The van der Waals surface area contributed by atoms with Crippen LogP contribution in [0.3, 0.4) is 0 Å². The summed E-state index contributed by atoms with van der Waals surface area (Å²) in [6.45, 7) is 0. The molecule has 0 spiro atoms. The summed E-state index contributed by atoms with van der Waals surface area (Å²) < 4.78 is 12.2. The van der Waals surface area contributed by atoms with Crippen molar-refractivity contribution in [3.8, 4) is 0 Å². The third kappa shape index (κ3) is 1.18. The Bertz CT molecular complexity index is 228. The molecule has 1 aliphatic rings. The van der Waals surface area contributed by atoms with Crippen LogP contribution in [0.2, 0.25) is 0 Å². The summed E-state index contributed by atoms with van der Waals surface area (Å²) in [6.07, 6.45) is 3.66. The predicted molar refractivity (Wildman–Crippen MR) is 32.9 cm³/mol. The molecule has 0 saturated carbocycles. The molecular weight excluding hydrogens is 135 g/mol. The van der Waals surface area contributed by atoms with Gasteiger partial charge in [0.05, 0.1) is 5.92 Å². The Labute approximate surface area is 57.0 Å². The first-order chi connectivity index (χ1) is 4.74. The molecule has 1 atom stereocenters. The molecule has 0 fully saturated rings. The highest BCUT2D eigenvalue weighted by molar-refractivity contribution is 6.03. The van der Waals surface area contributed by atoms with Crippen LogP contribution >= 0.6 is 0 Å². The first kappa shape index (κ1) is 6.86. The molecule has 0 aromatic rings. The van der Waals surface area contributed by atoms with E-state index in [1.807, 2.05) is 0 Å². The summed E-state index contributed by atoms with van der Waals surface area (Å²) in [5.74, 6) is -1.86. The lowest BCUT2D eigenvalue weighted by atomic mass is 10.0. The van der Waals surface area contributed by atoms with E-state index in [2.05, 4.69) is 0 Å². The van der Waals surface area contributed by atoms with Gasteiger partial charge in [-0.05, 0) is 6.08 Å². The van der Waals surface area contributed by atoms with Crippen LogP contribution in [-0.4, -0.2) is 12.1 Å². The Hall–Kier alpha value is -1.25. The van der Waals surface area contributed by atoms with Gasteiger partial charge in [0.25, 0.3) is 0 Å². The van der Waals surface area contributed by atoms with Gasteiger partial charge in [-0.1, -0.05) is 6.08 Å². The topological polar surface area (TPSA) is 34.1 Å². The summed E-state index contributed by atoms with van der Waals surface area (Å²) in [4.78, 5) is 20.7. The normalized spacial score (nSPS) is 24.3. The van der Waals surface area contributed by atoms with Crippen molar-refractivity contribution < 1.29 is 14.0 Å². The van der Waals surface area contributed by atoms with Crippen LogP contribution in [0.1, 0.15) is 0 Å². The summed E-state index contributed by atoms with van der Waals surface area (Å²) >= 11 is 0. The number of hydrogen-bond donors (Lipinski definition) is 0. The maximum absolute atomic E-state index is 12.2. The fourth-order valence-corrected chi connectivity index (χ4v) is 0.683. The molecular formula is C7H5FO2. The van der Waals surface area contributed by atoms with Gasteiger partial charge < -0.3 is 4.79 Å². The number of allylic oxidation sites excluding steroid dienone is 4. The van der Waals surface area contributed by atoms with E-state index >= 15 is 0 Å². The zero-order valence-corrected chi connectivity index (χ0v) is 5.08. The van der Waals surface area contributed by atoms with Crippen molar-refractivity contribution >= 4 is 12.1 Å². The van der Waals surface area contributed by atoms with E-state index in [0.29, 0.717) is 6.29 Å². The number of aldehydes is 1. The fourth-order valence-electron chi connectivity index (χ4n) is 0.683. The maximum Gasteiger partial charge on any atom is 0.172 e. The number of rotatable bonds is 1. The zero-order chi connectivity index (χ0) is 7.56. The van der Waals surface area contributed by atoms with E-state index in [1.165, 1.54) is 6.08 Å². The van der Waals surface area contributed by atoms with Gasteiger partial charge in [0.2, 0.25) is 0 Å². The molecule has 0 bridgehead atoms. The molecule has 0 amide bonds. The van der Waals surface area contributed by atoms with E-state index in [9.17, 15) is 14.0 Å². The second-order valence-corrected chi connectivity index (χ2v) is 1.95. The maximum atomic E-state index is 12.2. The summed E-state index contributed by atoms with van der Waals surface area (Å²) in [6, 6.07) is 0. The monoisotopic (exact) mass is 140 g/mol. The Morgan fingerprint density at radius 3 is 2.80 bits per heavy atom. The van der Waals surface area contributed by atoms with Crippen molar-refractivity contribution in [2.75, 3.05) is 0 Å². The summed E-state index contributed by atoms with van der Waals surface area (Å²) in [7, 11) is 0. The molecule has 52 valence electrons. The summed E-state index contributed by atoms with van der Waals surface area (Å²) in [5, 5.41) is 0. The van der Waals surface area contributed by atoms with E-state index in [1.54, 1.807) is 0 Å². The molecule has 0 radical (unpaired) electrons. The van der Waals surface area contributed by atoms with Gasteiger partial charge in [-0.2, -0.15) is 0 Å².